The minimum Gasteiger partial charge on any atom is -0.380 e. The number of anilines is 1. The van der Waals surface area contributed by atoms with E-state index in [1.54, 1.807) is 13.3 Å². The van der Waals surface area contributed by atoms with Gasteiger partial charge in [0.05, 0.1) is 12.3 Å². The van der Waals surface area contributed by atoms with E-state index >= 15 is 0 Å². The Kier molecular flexibility index (Phi) is 5.82. The van der Waals surface area contributed by atoms with E-state index in [1.165, 1.54) is 12.1 Å². The van der Waals surface area contributed by atoms with Crippen molar-refractivity contribution < 1.29 is 9.13 Å². The molecule has 4 rings (SSSR count). The zero-order valence-corrected chi connectivity index (χ0v) is 17.9. The maximum absolute atomic E-state index is 14.5. The number of fused-ring (bicyclic) bond motifs is 1. The molecule has 0 saturated heterocycles. The van der Waals surface area contributed by atoms with Gasteiger partial charge in [0.2, 0.25) is 0 Å². The van der Waals surface area contributed by atoms with Crippen molar-refractivity contribution >= 4 is 23.0 Å². The number of hydrogen-bond acceptors (Lipinski definition) is 5. The Morgan fingerprint density at radius 1 is 1.13 bits per heavy atom. The number of pyridine rings is 1. The third-order valence-corrected chi connectivity index (χ3v) is 5.29. The first-order valence-corrected chi connectivity index (χ1v) is 10.1. The van der Waals surface area contributed by atoms with E-state index in [4.69, 9.17) is 9.73 Å². The van der Waals surface area contributed by atoms with Crippen LogP contribution in [0, 0.1) is 12.7 Å². The molecule has 1 aliphatic heterocycles. The summed E-state index contributed by atoms with van der Waals surface area (Å²) < 4.78 is 19.8. The van der Waals surface area contributed by atoms with E-state index in [1.807, 2.05) is 55.3 Å². The summed E-state index contributed by atoms with van der Waals surface area (Å²) in [5.74, 6) is 1.17. The van der Waals surface area contributed by atoms with E-state index in [0.717, 1.165) is 33.8 Å². The van der Waals surface area contributed by atoms with Gasteiger partial charge in [-0.1, -0.05) is 36.9 Å². The monoisotopic (exact) mass is 416 g/mol. The van der Waals surface area contributed by atoms with Crippen molar-refractivity contribution in [2.24, 2.45) is 4.99 Å². The molecule has 0 unspecified atom stereocenters. The summed E-state index contributed by atoms with van der Waals surface area (Å²) >= 11 is 0. The summed E-state index contributed by atoms with van der Waals surface area (Å²) in [4.78, 5) is 11.3. The summed E-state index contributed by atoms with van der Waals surface area (Å²) in [6, 6.07) is 14.9. The number of nitrogens with one attached hydrogen (secondary N) is 1. The summed E-state index contributed by atoms with van der Waals surface area (Å²) in [5, 5.41) is 3.33. The molecule has 5 nitrogen and oxygen atoms in total. The number of amidine groups is 1. The highest BCUT2D eigenvalue weighted by molar-refractivity contribution is 6.07. The molecule has 3 aromatic rings. The lowest BCUT2D eigenvalue weighted by atomic mass is 10.0. The SMILES string of the molecule is C=C1c2cc(F)cc(CNc3ncc(C)cc3COC)c2N=C(c2ccccc2)N1C. The van der Waals surface area contributed by atoms with Crippen molar-refractivity contribution in [3.63, 3.8) is 0 Å². The fourth-order valence-electron chi connectivity index (χ4n) is 3.71. The number of methoxy groups -OCH3 is 1. The Bertz CT molecular complexity index is 1160. The van der Waals surface area contributed by atoms with E-state index in [0.29, 0.717) is 30.2 Å². The fraction of sp³-hybridized carbons (Fsp3) is 0.200. The molecule has 31 heavy (non-hydrogen) atoms. The van der Waals surface area contributed by atoms with Crippen molar-refractivity contribution in [2.75, 3.05) is 19.5 Å². The molecule has 0 spiro atoms. The van der Waals surface area contributed by atoms with Crippen molar-refractivity contribution in [3.8, 4) is 0 Å². The van der Waals surface area contributed by atoms with Crippen LogP contribution in [0.4, 0.5) is 15.9 Å². The minimum atomic E-state index is -0.322. The largest absolute Gasteiger partial charge is 0.380 e. The molecular formula is C25H25FN4O. The van der Waals surface area contributed by atoms with Crippen LogP contribution < -0.4 is 5.32 Å². The summed E-state index contributed by atoms with van der Waals surface area (Å²) in [6.45, 7) is 6.99. The van der Waals surface area contributed by atoms with Crippen LogP contribution in [0.15, 0.2) is 66.3 Å². The molecule has 0 aliphatic carbocycles. The van der Waals surface area contributed by atoms with Gasteiger partial charge in [-0.2, -0.15) is 0 Å². The molecule has 6 heteroatoms. The zero-order valence-electron chi connectivity index (χ0n) is 17.9. The van der Waals surface area contributed by atoms with Crippen LogP contribution in [0.5, 0.6) is 0 Å². The van der Waals surface area contributed by atoms with Gasteiger partial charge in [0.25, 0.3) is 0 Å². The number of ether oxygens (including phenoxy) is 1. The first kappa shape index (κ1) is 20.8. The standard InChI is InChI=1S/C25H25FN4O/c1-16-10-20(15-31-4)24(27-13-16)28-14-19-11-21(26)12-22-17(2)30(3)25(29-23(19)22)18-8-6-5-7-9-18/h5-13H,2,14-15H2,1,3-4H3,(H,27,28). The molecule has 0 amide bonds. The van der Waals surface area contributed by atoms with Crippen LogP contribution in [-0.4, -0.2) is 29.9 Å². The maximum Gasteiger partial charge on any atom is 0.140 e. The lowest BCUT2D eigenvalue weighted by Crippen LogP contribution is -2.28. The fourth-order valence-corrected chi connectivity index (χ4v) is 3.71. The molecule has 1 aliphatic rings. The highest BCUT2D eigenvalue weighted by Crippen LogP contribution is 2.37. The minimum absolute atomic E-state index is 0.322. The number of aliphatic imine (C=N–C) groups is 1. The number of rotatable bonds is 6. The van der Waals surface area contributed by atoms with Crippen LogP contribution in [0.25, 0.3) is 5.70 Å². The van der Waals surface area contributed by atoms with Gasteiger partial charge in [-0.05, 0) is 30.7 Å². The molecule has 1 aromatic heterocycles. The van der Waals surface area contributed by atoms with Crippen LogP contribution in [-0.2, 0) is 17.9 Å². The quantitative estimate of drug-likeness (QED) is 0.594. The van der Waals surface area contributed by atoms with Gasteiger partial charge in [0.1, 0.15) is 17.5 Å². The third-order valence-electron chi connectivity index (χ3n) is 5.29. The zero-order chi connectivity index (χ0) is 22.0. The van der Waals surface area contributed by atoms with Crippen LogP contribution >= 0.6 is 0 Å². The lowest BCUT2D eigenvalue weighted by Gasteiger charge is -2.30. The van der Waals surface area contributed by atoms with Crippen LogP contribution in [0.2, 0.25) is 0 Å². The number of aromatic nitrogens is 1. The predicted molar refractivity (Wildman–Crippen MR) is 123 cm³/mol. The maximum atomic E-state index is 14.5. The van der Waals surface area contributed by atoms with E-state index < -0.39 is 0 Å². The number of hydrogen-bond donors (Lipinski definition) is 1. The van der Waals surface area contributed by atoms with E-state index in [-0.39, 0.29) is 5.82 Å². The Balaban J connectivity index is 1.73. The Morgan fingerprint density at radius 2 is 1.90 bits per heavy atom. The second-order valence-electron chi connectivity index (χ2n) is 7.58. The van der Waals surface area contributed by atoms with Gasteiger partial charge in [-0.25, -0.2) is 14.4 Å². The second-order valence-corrected chi connectivity index (χ2v) is 7.58. The topological polar surface area (TPSA) is 49.8 Å². The first-order valence-electron chi connectivity index (χ1n) is 10.1. The molecular weight excluding hydrogens is 391 g/mol. The van der Waals surface area contributed by atoms with Gasteiger partial charge >= 0.3 is 0 Å². The molecule has 2 heterocycles. The predicted octanol–water partition coefficient (Wildman–Crippen LogP) is 5.28. The van der Waals surface area contributed by atoms with E-state index in [2.05, 4.69) is 16.9 Å². The Labute approximate surface area is 181 Å². The Morgan fingerprint density at radius 3 is 2.65 bits per heavy atom. The molecule has 0 saturated carbocycles. The number of aryl methyl sites for hydroxylation is 1. The highest BCUT2D eigenvalue weighted by Gasteiger charge is 2.24. The van der Waals surface area contributed by atoms with Gasteiger partial charge in [-0.15, -0.1) is 0 Å². The second kappa shape index (κ2) is 8.70. The Hall–Kier alpha value is -3.51. The molecule has 0 radical (unpaired) electrons. The molecule has 2 aromatic carbocycles. The van der Waals surface area contributed by atoms with Crippen molar-refractivity contribution in [1.29, 1.82) is 0 Å². The van der Waals surface area contributed by atoms with Crippen molar-refractivity contribution in [3.05, 3.63) is 94.9 Å². The van der Waals surface area contributed by atoms with Crippen LogP contribution in [0.3, 0.4) is 0 Å². The molecule has 0 atom stereocenters. The smallest absolute Gasteiger partial charge is 0.140 e. The molecule has 1 N–H and O–H groups in total. The van der Waals surface area contributed by atoms with E-state index in [9.17, 15) is 4.39 Å². The molecule has 158 valence electrons. The molecule has 0 fully saturated rings. The number of halogens is 1. The van der Waals surface area contributed by atoms with Crippen molar-refractivity contribution in [1.82, 2.24) is 9.88 Å². The van der Waals surface area contributed by atoms with Crippen LogP contribution in [0.1, 0.15) is 27.8 Å². The van der Waals surface area contributed by atoms with Gasteiger partial charge in [0, 0.05) is 54.8 Å². The first-order chi connectivity index (χ1) is 15.0. The number of nitrogens with zero attached hydrogens (tertiary/aromatic N) is 3. The number of benzene rings is 2. The average molecular weight is 417 g/mol. The van der Waals surface area contributed by atoms with Gasteiger partial charge in [0.15, 0.2) is 0 Å². The third kappa shape index (κ3) is 4.20. The summed E-state index contributed by atoms with van der Waals surface area (Å²) in [5.41, 5.74) is 5.83. The van der Waals surface area contributed by atoms with Crippen molar-refractivity contribution in [2.45, 2.75) is 20.1 Å². The summed E-state index contributed by atoms with van der Waals surface area (Å²) in [7, 11) is 3.55. The lowest BCUT2D eigenvalue weighted by molar-refractivity contribution is 0.185. The van der Waals surface area contributed by atoms with Gasteiger partial charge in [-0.3, -0.25) is 0 Å². The normalized spacial score (nSPS) is 13.1. The highest BCUT2D eigenvalue weighted by atomic mass is 19.1. The molecule has 0 bridgehead atoms. The summed E-state index contributed by atoms with van der Waals surface area (Å²) in [6.07, 6.45) is 1.80. The van der Waals surface area contributed by atoms with Gasteiger partial charge < -0.3 is 15.0 Å². The average Bonchev–Trinajstić information content (AvgIpc) is 2.76.